The van der Waals surface area contributed by atoms with Gasteiger partial charge in [0.25, 0.3) is 5.56 Å². The first kappa shape index (κ1) is 22.3. The van der Waals surface area contributed by atoms with Gasteiger partial charge in [-0.05, 0) is 43.3 Å². The maximum absolute atomic E-state index is 14.0. The summed E-state index contributed by atoms with van der Waals surface area (Å²) in [5.74, 6) is 0.519. The number of nitrogens with zero attached hydrogens (tertiary/aromatic N) is 1. The lowest BCUT2D eigenvalue weighted by molar-refractivity contribution is 1.06. The molecule has 0 saturated heterocycles. The molecule has 0 atom stereocenters. The Hall–Kier alpha value is -3.46. The average molecular weight is 480 g/mol. The second kappa shape index (κ2) is 9.42. The fourth-order valence-electron chi connectivity index (χ4n) is 4.39. The van der Waals surface area contributed by atoms with Crippen LogP contribution in [0.3, 0.4) is 0 Å². The molecule has 5 rings (SSSR count). The maximum atomic E-state index is 14.0. The summed E-state index contributed by atoms with van der Waals surface area (Å²) in [5, 5.41) is 4.30. The molecule has 0 aliphatic heterocycles. The highest BCUT2D eigenvalue weighted by Gasteiger charge is 2.51. The number of H-pyrrole nitrogens is 1. The first-order chi connectivity index (χ1) is 16.6. The predicted molar refractivity (Wildman–Crippen MR) is 147 cm³/mol. The van der Waals surface area contributed by atoms with E-state index in [1.807, 2.05) is 85.8 Å². The fraction of sp³-hybridized carbons (Fsp3) is 0.0345. The highest BCUT2D eigenvalue weighted by molar-refractivity contribution is 8.02. The Labute approximate surface area is 205 Å². The highest BCUT2D eigenvalue weighted by atomic mass is 32.1. The summed E-state index contributed by atoms with van der Waals surface area (Å²) in [6.07, 6.45) is 0. The molecule has 0 unspecified atom stereocenters. The third-order valence-electron chi connectivity index (χ3n) is 5.97. The molecule has 4 aromatic carbocycles. The van der Waals surface area contributed by atoms with E-state index < -0.39 is 7.26 Å². The topological polar surface area (TPSA) is 45.8 Å². The molecule has 0 amide bonds. The lowest BCUT2D eigenvalue weighted by atomic mass is 10.1. The van der Waals surface area contributed by atoms with Crippen molar-refractivity contribution in [3.8, 4) is 11.4 Å². The minimum atomic E-state index is -2.58. The average Bonchev–Trinajstić information content (AvgIpc) is 2.88. The van der Waals surface area contributed by atoms with Gasteiger partial charge in [0, 0.05) is 5.56 Å². The van der Waals surface area contributed by atoms with Crippen LogP contribution in [0.4, 0.5) is 0 Å². The van der Waals surface area contributed by atoms with Crippen molar-refractivity contribution in [2.24, 2.45) is 0 Å². The summed E-state index contributed by atoms with van der Waals surface area (Å²) in [7, 11) is -2.58. The van der Waals surface area contributed by atoms with Gasteiger partial charge in [-0.15, -0.1) is 12.6 Å². The highest BCUT2D eigenvalue weighted by Crippen LogP contribution is 2.54. The number of aromatic nitrogens is 2. The first-order valence-electron chi connectivity index (χ1n) is 11.1. The van der Waals surface area contributed by atoms with E-state index in [9.17, 15) is 4.79 Å². The molecule has 0 radical (unpaired) electrons. The van der Waals surface area contributed by atoms with Crippen molar-refractivity contribution in [3.05, 3.63) is 131 Å². The number of rotatable bonds is 5. The molecular formula is C29H24N2OPS+. The third-order valence-corrected chi connectivity index (χ3v) is 10.8. The molecule has 3 nitrogen and oxygen atoms in total. The van der Waals surface area contributed by atoms with Gasteiger partial charge < -0.3 is 4.98 Å². The van der Waals surface area contributed by atoms with Crippen LogP contribution < -0.4 is 26.8 Å². The van der Waals surface area contributed by atoms with Crippen LogP contribution in [-0.2, 0) is 0 Å². The SMILES string of the molecule is Cc1ccc(-c2nc(S)c([P+](c3ccccc3)(c3ccccc3)c3ccccc3)c(=O)[nH]2)cc1. The van der Waals surface area contributed by atoms with Gasteiger partial charge >= 0.3 is 0 Å². The molecule has 0 aliphatic rings. The van der Waals surface area contributed by atoms with Gasteiger partial charge in [-0.1, -0.05) is 84.4 Å². The molecule has 0 bridgehead atoms. The van der Waals surface area contributed by atoms with Crippen LogP contribution in [0.15, 0.2) is 125 Å². The number of hydrogen-bond acceptors (Lipinski definition) is 3. The molecule has 1 aromatic heterocycles. The van der Waals surface area contributed by atoms with Gasteiger partial charge in [0.15, 0.2) is 7.26 Å². The van der Waals surface area contributed by atoms with E-state index in [1.165, 1.54) is 0 Å². The number of benzene rings is 4. The van der Waals surface area contributed by atoms with Crippen LogP contribution in [0.5, 0.6) is 0 Å². The Bertz CT molecular complexity index is 1370. The van der Waals surface area contributed by atoms with Gasteiger partial charge in [0.2, 0.25) is 5.30 Å². The lowest BCUT2D eigenvalue weighted by Crippen LogP contribution is -2.46. The van der Waals surface area contributed by atoms with Crippen LogP contribution in [-0.4, -0.2) is 9.97 Å². The van der Waals surface area contributed by atoms with Crippen LogP contribution in [0.2, 0.25) is 0 Å². The number of aryl methyl sites for hydroxylation is 1. The predicted octanol–water partition coefficient (Wildman–Crippen LogP) is 4.65. The monoisotopic (exact) mass is 479 g/mol. The summed E-state index contributed by atoms with van der Waals surface area (Å²) in [5.41, 5.74) is 1.84. The van der Waals surface area contributed by atoms with E-state index >= 15 is 0 Å². The van der Waals surface area contributed by atoms with Crippen LogP contribution in [0.25, 0.3) is 11.4 Å². The largest absolute Gasteiger partial charge is 0.303 e. The number of aromatic amines is 1. The number of nitrogens with one attached hydrogen (secondary N) is 1. The van der Waals surface area contributed by atoms with Crippen molar-refractivity contribution in [2.45, 2.75) is 11.9 Å². The van der Waals surface area contributed by atoms with Crippen molar-refractivity contribution in [2.75, 3.05) is 0 Å². The molecule has 5 aromatic rings. The molecular weight excluding hydrogens is 455 g/mol. The molecule has 166 valence electrons. The fourth-order valence-corrected chi connectivity index (χ4v) is 9.28. The minimum Gasteiger partial charge on any atom is -0.303 e. The summed E-state index contributed by atoms with van der Waals surface area (Å²) in [6.45, 7) is 2.03. The molecule has 1 heterocycles. The van der Waals surface area contributed by atoms with Crippen molar-refractivity contribution in [3.63, 3.8) is 0 Å². The van der Waals surface area contributed by atoms with E-state index in [4.69, 9.17) is 17.6 Å². The lowest BCUT2D eigenvalue weighted by Gasteiger charge is -2.27. The van der Waals surface area contributed by atoms with Gasteiger partial charge in [0.05, 0.1) is 0 Å². The molecule has 1 N–H and O–H groups in total. The Morgan fingerprint density at radius 3 is 1.53 bits per heavy atom. The van der Waals surface area contributed by atoms with Gasteiger partial charge in [-0.2, -0.15) is 0 Å². The molecule has 5 heteroatoms. The van der Waals surface area contributed by atoms with Gasteiger partial charge in [0.1, 0.15) is 26.8 Å². The van der Waals surface area contributed by atoms with Crippen LogP contribution in [0, 0.1) is 6.92 Å². The molecule has 0 aliphatic carbocycles. The number of hydrogen-bond donors (Lipinski definition) is 2. The third kappa shape index (κ3) is 3.90. The van der Waals surface area contributed by atoms with E-state index in [2.05, 4.69) is 41.4 Å². The van der Waals surface area contributed by atoms with Crippen LogP contribution in [0.1, 0.15) is 5.56 Å². The summed E-state index contributed by atoms with van der Waals surface area (Å²) in [4.78, 5) is 21.8. The minimum absolute atomic E-state index is 0.166. The Kier molecular flexibility index (Phi) is 6.19. The second-order valence-electron chi connectivity index (χ2n) is 8.13. The zero-order valence-corrected chi connectivity index (χ0v) is 20.5. The normalized spacial score (nSPS) is 11.4. The van der Waals surface area contributed by atoms with Crippen molar-refractivity contribution >= 4 is 41.1 Å². The van der Waals surface area contributed by atoms with E-state index in [0.29, 0.717) is 16.2 Å². The Balaban J connectivity index is 1.87. The Morgan fingerprint density at radius 1 is 0.676 bits per heavy atom. The van der Waals surface area contributed by atoms with Crippen molar-refractivity contribution < 1.29 is 0 Å². The zero-order valence-electron chi connectivity index (χ0n) is 18.7. The first-order valence-corrected chi connectivity index (χ1v) is 13.3. The second-order valence-corrected chi connectivity index (χ2v) is 11.9. The standard InChI is InChI=1S/C29H23N2OPS/c1-21-17-19-22(20-18-21)27-30-28(32)26(29(34)31-27)33(23-11-5-2-6-12-23,24-13-7-3-8-14-24)25-15-9-4-10-16-25/h2-20H,1H3,(H-,30,31,32,34)/p+1. The van der Waals surface area contributed by atoms with Crippen molar-refractivity contribution in [1.82, 2.24) is 9.97 Å². The molecule has 34 heavy (non-hydrogen) atoms. The van der Waals surface area contributed by atoms with Gasteiger partial charge in [-0.3, -0.25) is 4.79 Å². The Morgan fingerprint density at radius 2 is 1.12 bits per heavy atom. The summed E-state index contributed by atoms with van der Waals surface area (Å²) < 4.78 is 0. The molecule has 0 fully saturated rings. The summed E-state index contributed by atoms with van der Waals surface area (Å²) >= 11 is 4.85. The van der Waals surface area contributed by atoms with E-state index in [-0.39, 0.29) is 5.56 Å². The van der Waals surface area contributed by atoms with Gasteiger partial charge in [-0.25, -0.2) is 4.98 Å². The molecule has 0 spiro atoms. The summed E-state index contributed by atoms with van der Waals surface area (Å²) in [6, 6.07) is 38.7. The van der Waals surface area contributed by atoms with Crippen molar-refractivity contribution in [1.29, 1.82) is 0 Å². The van der Waals surface area contributed by atoms with E-state index in [0.717, 1.165) is 27.0 Å². The smallest absolute Gasteiger partial charge is 0.296 e. The zero-order chi connectivity index (χ0) is 23.5. The quantitative estimate of drug-likeness (QED) is 0.219. The van der Waals surface area contributed by atoms with E-state index in [1.54, 1.807) is 0 Å². The molecule has 0 saturated carbocycles. The maximum Gasteiger partial charge on any atom is 0.296 e. The van der Waals surface area contributed by atoms with Crippen LogP contribution >= 0.6 is 19.9 Å². The number of thiol groups is 1.